The van der Waals surface area contributed by atoms with Crippen LogP contribution in [-0.2, 0) is 0 Å². The fraction of sp³-hybridized carbons (Fsp3) is 1.00. The van der Waals surface area contributed by atoms with E-state index in [1.165, 1.54) is 12.8 Å². The molecule has 0 bridgehead atoms. The van der Waals surface area contributed by atoms with E-state index in [1.807, 2.05) is 0 Å². The molecule has 0 heterocycles. The molecule has 0 aromatic heterocycles. The largest absolute Gasteiger partial charge is 0.393 e. The Morgan fingerprint density at radius 3 is 2.12 bits per heavy atom. The quantitative estimate of drug-likeness (QED) is 0.732. The minimum absolute atomic E-state index is 0.0567. The monoisotopic (exact) mass is 238 g/mol. The molecule has 1 N–H and O–H groups in total. The average Bonchev–Trinajstić information content (AvgIpc) is 2.43. The van der Waals surface area contributed by atoms with Gasteiger partial charge in [0.2, 0.25) is 0 Å². The van der Waals surface area contributed by atoms with Crippen molar-refractivity contribution in [2.24, 2.45) is 5.92 Å². The lowest BCUT2D eigenvalue weighted by Crippen LogP contribution is -2.20. The predicted octanol–water partition coefficient (Wildman–Crippen LogP) is 4.05. The molecule has 1 unspecified atom stereocenters. The highest BCUT2D eigenvalue weighted by molar-refractivity contribution is 4.72. The second kappa shape index (κ2) is 6.48. The van der Waals surface area contributed by atoms with Crippen LogP contribution in [0.25, 0.3) is 0 Å². The van der Waals surface area contributed by atoms with Gasteiger partial charge in [-0.3, -0.25) is 0 Å². The Kier molecular flexibility index (Phi) is 5.59. The van der Waals surface area contributed by atoms with E-state index >= 15 is 0 Å². The van der Waals surface area contributed by atoms with Crippen LogP contribution in [-0.4, -0.2) is 17.4 Å². The first-order valence-corrected chi connectivity index (χ1v) is 6.24. The van der Waals surface area contributed by atoms with Gasteiger partial charge in [-0.15, -0.1) is 0 Å². The van der Waals surface area contributed by atoms with Crippen LogP contribution in [0.4, 0.5) is 13.2 Å². The van der Waals surface area contributed by atoms with Gasteiger partial charge in [0, 0.05) is 6.42 Å². The normalized spacial score (nSPS) is 21.8. The van der Waals surface area contributed by atoms with Gasteiger partial charge in [0.1, 0.15) is 0 Å². The zero-order chi connectivity index (χ0) is 12.0. The number of hydrogen-bond acceptors (Lipinski definition) is 1. The van der Waals surface area contributed by atoms with E-state index in [-0.39, 0.29) is 12.3 Å². The molecule has 0 saturated heterocycles. The molecule has 1 atom stereocenters. The van der Waals surface area contributed by atoms with E-state index in [0.29, 0.717) is 6.42 Å². The minimum atomic E-state index is -4.08. The SMILES string of the molecule is OC(CCCC(F)(F)F)C1CCCCCC1. The summed E-state index contributed by atoms with van der Waals surface area (Å²) >= 11 is 0. The molecule has 1 rings (SSSR count). The molecule has 0 spiro atoms. The molecule has 96 valence electrons. The second-order valence-corrected chi connectivity index (χ2v) is 4.83. The molecule has 0 aromatic carbocycles. The number of rotatable bonds is 4. The van der Waals surface area contributed by atoms with Gasteiger partial charge in [-0.1, -0.05) is 25.7 Å². The van der Waals surface area contributed by atoms with Gasteiger partial charge in [0.25, 0.3) is 0 Å². The van der Waals surface area contributed by atoms with Gasteiger partial charge in [0.15, 0.2) is 0 Å². The zero-order valence-electron chi connectivity index (χ0n) is 9.60. The first-order valence-electron chi connectivity index (χ1n) is 6.24. The Bertz CT molecular complexity index is 183. The van der Waals surface area contributed by atoms with Gasteiger partial charge < -0.3 is 5.11 Å². The third-order valence-corrected chi connectivity index (χ3v) is 3.40. The summed E-state index contributed by atoms with van der Waals surface area (Å²) in [6.45, 7) is 0. The van der Waals surface area contributed by atoms with Gasteiger partial charge in [-0.2, -0.15) is 13.2 Å². The molecule has 0 amide bonds. The number of hydrogen-bond donors (Lipinski definition) is 1. The summed E-state index contributed by atoms with van der Waals surface area (Å²) < 4.78 is 35.8. The molecule has 1 aliphatic rings. The van der Waals surface area contributed by atoms with Crippen molar-refractivity contribution < 1.29 is 18.3 Å². The Labute approximate surface area is 95.0 Å². The van der Waals surface area contributed by atoms with E-state index in [0.717, 1.165) is 25.7 Å². The molecule has 1 aliphatic carbocycles. The van der Waals surface area contributed by atoms with Crippen LogP contribution in [0.15, 0.2) is 0 Å². The van der Waals surface area contributed by atoms with Crippen LogP contribution in [0.3, 0.4) is 0 Å². The van der Waals surface area contributed by atoms with Crippen molar-refractivity contribution in [1.82, 2.24) is 0 Å². The molecule has 0 aliphatic heterocycles. The van der Waals surface area contributed by atoms with Crippen molar-refractivity contribution in [2.45, 2.75) is 70.1 Å². The van der Waals surface area contributed by atoms with Crippen molar-refractivity contribution in [3.8, 4) is 0 Å². The van der Waals surface area contributed by atoms with E-state index in [9.17, 15) is 18.3 Å². The van der Waals surface area contributed by atoms with Gasteiger partial charge >= 0.3 is 6.18 Å². The van der Waals surface area contributed by atoms with Crippen LogP contribution in [0.5, 0.6) is 0 Å². The number of aliphatic hydroxyl groups is 1. The molecule has 1 saturated carbocycles. The zero-order valence-corrected chi connectivity index (χ0v) is 9.60. The number of alkyl halides is 3. The summed E-state index contributed by atoms with van der Waals surface area (Å²) in [5.74, 6) is 0.232. The summed E-state index contributed by atoms with van der Waals surface area (Å²) in [7, 11) is 0. The topological polar surface area (TPSA) is 20.2 Å². The minimum Gasteiger partial charge on any atom is -0.393 e. The number of aliphatic hydroxyl groups excluding tert-OH is 1. The van der Waals surface area contributed by atoms with E-state index in [1.54, 1.807) is 0 Å². The Morgan fingerprint density at radius 1 is 1.06 bits per heavy atom. The Hall–Kier alpha value is -0.250. The molecule has 4 heteroatoms. The molecule has 0 radical (unpaired) electrons. The van der Waals surface area contributed by atoms with Crippen molar-refractivity contribution >= 4 is 0 Å². The lowest BCUT2D eigenvalue weighted by atomic mass is 9.91. The van der Waals surface area contributed by atoms with E-state index in [4.69, 9.17) is 0 Å². The maximum absolute atomic E-state index is 11.9. The molecule has 1 nitrogen and oxygen atoms in total. The predicted molar refractivity (Wildman–Crippen MR) is 57.1 cm³/mol. The summed E-state index contributed by atoms with van der Waals surface area (Å²) in [6.07, 6.45) is 1.56. The maximum Gasteiger partial charge on any atom is 0.389 e. The van der Waals surface area contributed by atoms with Gasteiger partial charge in [0.05, 0.1) is 6.10 Å². The lowest BCUT2D eigenvalue weighted by molar-refractivity contribution is -0.136. The lowest BCUT2D eigenvalue weighted by Gasteiger charge is -2.21. The van der Waals surface area contributed by atoms with Crippen LogP contribution in [0.1, 0.15) is 57.8 Å². The van der Waals surface area contributed by atoms with E-state index < -0.39 is 18.7 Å². The average molecular weight is 238 g/mol. The van der Waals surface area contributed by atoms with E-state index in [2.05, 4.69) is 0 Å². The van der Waals surface area contributed by atoms with Crippen LogP contribution in [0, 0.1) is 5.92 Å². The highest BCUT2D eigenvalue weighted by atomic mass is 19.4. The Balaban J connectivity index is 2.20. The van der Waals surface area contributed by atoms with Gasteiger partial charge in [-0.05, 0) is 31.6 Å². The number of halogens is 3. The first kappa shape index (κ1) is 13.8. The van der Waals surface area contributed by atoms with Crippen molar-refractivity contribution in [2.75, 3.05) is 0 Å². The summed E-state index contributed by atoms with van der Waals surface area (Å²) in [4.78, 5) is 0. The van der Waals surface area contributed by atoms with Gasteiger partial charge in [-0.25, -0.2) is 0 Å². The molecule has 1 fully saturated rings. The fourth-order valence-electron chi connectivity index (χ4n) is 2.44. The van der Waals surface area contributed by atoms with Crippen molar-refractivity contribution in [3.05, 3.63) is 0 Å². The van der Waals surface area contributed by atoms with Crippen LogP contribution >= 0.6 is 0 Å². The first-order chi connectivity index (χ1) is 7.49. The summed E-state index contributed by atoms with van der Waals surface area (Å²) in [5.41, 5.74) is 0. The summed E-state index contributed by atoms with van der Waals surface area (Å²) in [5, 5.41) is 9.83. The standard InChI is InChI=1S/C12H21F3O/c13-12(14,15)9-5-8-11(16)10-6-3-1-2-4-7-10/h10-11,16H,1-9H2. The third-order valence-electron chi connectivity index (χ3n) is 3.40. The third kappa shape index (κ3) is 5.73. The van der Waals surface area contributed by atoms with Crippen LogP contribution < -0.4 is 0 Å². The van der Waals surface area contributed by atoms with Crippen molar-refractivity contribution in [1.29, 1.82) is 0 Å². The smallest absolute Gasteiger partial charge is 0.389 e. The van der Waals surface area contributed by atoms with Crippen molar-refractivity contribution in [3.63, 3.8) is 0 Å². The Morgan fingerprint density at radius 2 is 1.62 bits per heavy atom. The highest BCUT2D eigenvalue weighted by Gasteiger charge is 2.27. The fourth-order valence-corrected chi connectivity index (χ4v) is 2.44. The van der Waals surface area contributed by atoms with Crippen LogP contribution in [0.2, 0.25) is 0 Å². The maximum atomic E-state index is 11.9. The molecular formula is C12H21F3O. The molecular weight excluding hydrogens is 217 g/mol. The molecule has 16 heavy (non-hydrogen) atoms. The highest BCUT2D eigenvalue weighted by Crippen LogP contribution is 2.29. The summed E-state index contributed by atoms with van der Waals surface area (Å²) in [6, 6.07) is 0. The molecule has 0 aromatic rings. The second-order valence-electron chi connectivity index (χ2n) is 4.83.